The molecule has 0 aliphatic rings. The van der Waals surface area contributed by atoms with Gasteiger partial charge >= 0.3 is 0 Å². The summed E-state index contributed by atoms with van der Waals surface area (Å²) in [5.41, 5.74) is 8.32. The standard InChI is InChI=1S/C16H20N2O2S/c1-3-12(2)18-21(19,20)16-10-6-14(7-11-16)13-4-8-15(17)9-5-13/h4-12,18H,3,17H2,1-2H3. The summed E-state index contributed by atoms with van der Waals surface area (Å²) >= 11 is 0. The summed E-state index contributed by atoms with van der Waals surface area (Å²) in [6.07, 6.45) is 0.753. The lowest BCUT2D eigenvalue weighted by molar-refractivity contribution is 0.556. The Bertz CT molecular complexity index is 692. The lowest BCUT2D eigenvalue weighted by Crippen LogP contribution is -2.31. The van der Waals surface area contributed by atoms with Crippen LogP contribution in [0.1, 0.15) is 20.3 Å². The first kappa shape index (κ1) is 15.5. The van der Waals surface area contributed by atoms with Gasteiger partial charge in [0.25, 0.3) is 0 Å². The average Bonchev–Trinajstić information content (AvgIpc) is 2.47. The molecule has 2 aromatic carbocycles. The van der Waals surface area contributed by atoms with Crippen LogP contribution < -0.4 is 10.5 Å². The predicted octanol–water partition coefficient (Wildman–Crippen LogP) is 3.01. The van der Waals surface area contributed by atoms with E-state index in [0.29, 0.717) is 5.69 Å². The molecule has 0 saturated carbocycles. The molecular formula is C16H20N2O2S. The minimum atomic E-state index is -3.45. The van der Waals surface area contributed by atoms with E-state index >= 15 is 0 Å². The Labute approximate surface area is 126 Å². The molecule has 3 N–H and O–H groups in total. The second-order valence-corrected chi connectivity index (χ2v) is 6.79. The monoisotopic (exact) mass is 304 g/mol. The maximum Gasteiger partial charge on any atom is 0.240 e. The molecule has 0 saturated heterocycles. The zero-order chi connectivity index (χ0) is 15.5. The maximum atomic E-state index is 12.2. The second-order valence-electron chi connectivity index (χ2n) is 5.08. The fourth-order valence-corrected chi connectivity index (χ4v) is 3.25. The molecule has 112 valence electrons. The molecule has 2 rings (SSSR count). The Kier molecular flexibility index (Phi) is 4.65. The zero-order valence-electron chi connectivity index (χ0n) is 12.2. The van der Waals surface area contributed by atoms with Crippen molar-refractivity contribution >= 4 is 15.7 Å². The van der Waals surface area contributed by atoms with Crippen LogP contribution in [-0.2, 0) is 10.0 Å². The minimum Gasteiger partial charge on any atom is -0.399 e. The summed E-state index contributed by atoms with van der Waals surface area (Å²) in [4.78, 5) is 0.280. The number of benzene rings is 2. The minimum absolute atomic E-state index is 0.0771. The number of nitrogen functional groups attached to an aromatic ring is 1. The van der Waals surface area contributed by atoms with Gasteiger partial charge in [0, 0.05) is 11.7 Å². The van der Waals surface area contributed by atoms with E-state index in [4.69, 9.17) is 5.73 Å². The molecule has 2 aromatic rings. The first-order valence-corrected chi connectivity index (χ1v) is 8.39. The van der Waals surface area contributed by atoms with Crippen molar-refractivity contribution in [3.8, 4) is 11.1 Å². The van der Waals surface area contributed by atoms with E-state index in [9.17, 15) is 8.42 Å². The Morgan fingerprint density at radius 1 is 1.00 bits per heavy atom. The first-order valence-electron chi connectivity index (χ1n) is 6.90. The summed E-state index contributed by atoms with van der Waals surface area (Å²) in [5.74, 6) is 0. The van der Waals surface area contributed by atoms with Gasteiger partial charge in [0.2, 0.25) is 10.0 Å². The van der Waals surface area contributed by atoms with E-state index in [2.05, 4.69) is 4.72 Å². The van der Waals surface area contributed by atoms with Gasteiger partial charge in [-0.15, -0.1) is 0 Å². The van der Waals surface area contributed by atoms with Crippen molar-refractivity contribution in [2.45, 2.75) is 31.2 Å². The maximum absolute atomic E-state index is 12.2. The molecule has 5 heteroatoms. The number of hydrogen-bond acceptors (Lipinski definition) is 3. The van der Waals surface area contributed by atoms with Gasteiger partial charge in [-0.25, -0.2) is 13.1 Å². The van der Waals surface area contributed by atoms with Crippen molar-refractivity contribution in [1.29, 1.82) is 0 Å². The van der Waals surface area contributed by atoms with Crippen LogP contribution in [0, 0.1) is 0 Å². The van der Waals surface area contributed by atoms with Crippen molar-refractivity contribution in [2.75, 3.05) is 5.73 Å². The van der Waals surface area contributed by atoms with Crippen molar-refractivity contribution in [3.63, 3.8) is 0 Å². The lowest BCUT2D eigenvalue weighted by atomic mass is 10.1. The molecular weight excluding hydrogens is 284 g/mol. The van der Waals surface area contributed by atoms with Crippen LogP contribution in [0.5, 0.6) is 0 Å². The van der Waals surface area contributed by atoms with E-state index in [1.807, 2.05) is 38.1 Å². The van der Waals surface area contributed by atoms with Crippen LogP contribution in [0.25, 0.3) is 11.1 Å². The van der Waals surface area contributed by atoms with Crippen LogP contribution in [0.15, 0.2) is 53.4 Å². The highest BCUT2D eigenvalue weighted by Gasteiger charge is 2.16. The second kappa shape index (κ2) is 6.28. The SMILES string of the molecule is CCC(C)NS(=O)(=O)c1ccc(-c2ccc(N)cc2)cc1. The van der Waals surface area contributed by atoms with Gasteiger partial charge in [-0.1, -0.05) is 31.2 Å². The zero-order valence-corrected chi connectivity index (χ0v) is 13.0. The number of hydrogen-bond donors (Lipinski definition) is 2. The van der Waals surface area contributed by atoms with Crippen molar-refractivity contribution in [1.82, 2.24) is 4.72 Å². The van der Waals surface area contributed by atoms with Crippen molar-refractivity contribution in [3.05, 3.63) is 48.5 Å². The van der Waals surface area contributed by atoms with Crippen molar-refractivity contribution in [2.24, 2.45) is 0 Å². The fourth-order valence-electron chi connectivity index (χ4n) is 1.92. The van der Waals surface area contributed by atoms with Crippen LogP contribution in [0.3, 0.4) is 0 Å². The predicted molar refractivity (Wildman–Crippen MR) is 86.4 cm³/mol. The van der Waals surface area contributed by atoms with Gasteiger partial charge in [-0.2, -0.15) is 0 Å². The molecule has 0 spiro atoms. The lowest BCUT2D eigenvalue weighted by Gasteiger charge is -2.12. The third-order valence-electron chi connectivity index (χ3n) is 3.38. The van der Waals surface area contributed by atoms with E-state index in [1.54, 1.807) is 24.3 Å². The molecule has 1 unspecified atom stereocenters. The highest BCUT2D eigenvalue weighted by atomic mass is 32.2. The van der Waals surface area contributed by atoms with E-state index in [-0.39, 0.29) is 10.9 Å². The average molecular weight is 304 g/mol. The van der Waals surface area contributed by atoms with Gasteiger partial charge in [0.1, 0.15) is 0 Å². The molecule has 0 radical (unpaired) electrons. The molecule has 0 bridgehead atoms. The normalized spacial score (nSPS) is 13.0. The summed E-state index contributed by atoms with van der Waals surface area (Å²) in [6.45, 7) is 3.79. The van der Waals surface area contributed by atoms with Gasteiger partial charge in [0.05, 0.1) is 4.90 Å². The number of sulfonamides is 1. The van der Waals surface area contributed by atoms with Gasteiger partial charge in [-0.05, 0) is 48.7 Å². The molecule has 0 aromatic heterocycles. The summed E-state index contributed by atoms with van der Waals surface area (Å²) in [7, 11) is -3.45. The number of nitrogens with two attached hydrogens (primary N) is 1. The van der Waals surface area contributed by atoms with Gasteiger partial charge in [0.15, 0.2) is 0 Å². The van der Waals surface area contributed by atoms with Crippen LogP contribution >= 0.6 is 0 Å². The number of anilines is 1. The van der Waals surface area contributed by atoms with Crippen LogP contribution in [-0.4, -0.2) is 14.5 Å². The molecule has 0 amide bonds. The Morgan fingerprint density at radius 2 is 1.48 bits per heavy atom. The molecule has 0 heterocycles. The highest BCUT2D eigenvalue weighted by molar-refractivity contribution is 7.89. The fraction of sp³-hybridized carbons (Fsp3) is 0.250. The van der Waals surface area contributed by atoms with E-state index in [1.165, 1.54) is 0 Å². The van der Waals surface area contributed by atoms with Gasteiger partial charge in [-0.3, -0.25) is 0 Å². The Hall–Kier alpha value is -1.85. The third-order valence-corrected chi connectivity index (χ3v) is 4.98. The van der Waals surface area contributed by atoms with Crippen LogP contribution in [0.2, 0.25) is 0 Å². The molecule has 4 nitrogen and oxygen atoms in total. The first-order chi connectivity index (χ1) is 9.92. The van der Waals surface area contributed by atoms with E-state index < -0.39 is 10.0 Å². The highest BCUT2D eigenvalue weighted by Crippen LogP contribution is 2.22. The molecule has 21 heavy (non-hydrogen) atoms. The van der Waals surface area contributed by atoms with E-state index in [0.717, 1.165) is 17.5 Å². The Morgan fingerprint density at radius 3 is 1.95 bits per heavy atom. The topological polar surface area (TPSA) is 72.2 Å². The number of rotatable bonds is 5. The summed E-state index contributed by atoms with van der Waals surface area (Å²) < 4.78 is 27.0. The molecule has 0 aliphatic heterocycles. The summed E-state index contributed by atoms with van der Waals surface area (Å²) in [6, 6.07) is 14.2. The smallest absolute Gasteiger partial charge is 0.240 e. The quantitative estimate of drug-likeness (QED) is 0.834. The Balaban J connectivity index is 2.24. The summed E-state index contributed by atoms with van der Waals surface area (Å²) in [5, 5.41) is 0. The number of nitrogens with one attached hydrogen (secondary N) is 1. The molecule has 1 atom stereocenters. The van der Waals surface area contributed by atoms with Crippen molar-refractivity contribution < 1.29 is 8.42 Å². The van der Waals surface area contributed by atoms with Gasteiger partial charge < -0.3 is 5.73 Å². The largest absolute Gasteiger partial charge is 0.399 e. The molecule has 0 fully saturated rings. The molecule has 0 aliphatic carbocycles. The van der Waals surface area contributed by atoms with Crippen LogP contribution in [0.4, 0.5) is 5.69 Å². The third kappa shape index (κ3) is 3.83.